The van der Waals surface area contributed by atoms with Crippen LogP contribution in [0.2, 0.25) is 0 Å². The van der Waals surface area contributed by atoms with Gasteiger partial charge in [0.15, 0.2) is 0 Å². The molecule has 1 aromatic carbocycles. The maximum Gasteiger partial charge on any atom is 0.407 e. The predicted octanol–water partition coefficient (Wildman–Crippen LogP) is 2.67. The van der Waals surface area contributed by atoms with Crippen molar-refractivity contribution in [3.63, 3.8) is 0 Å². The van der Waals surface area contributed by atoms with E-state index in [1.165, 1.54) is 6.07 Å². The number of fused-ring (bicyclic) bond motifs is 1. The summed E-state index contributed by atoms with van der Waals surface area (Å²) >= 11 is 3.43. The van der Waals surface area contributed by atoms with Crippen LogP contribution in [0, 0.1) is 6.92 Å². The minimum Gasteiger partial charge on any atom is -0.480 e. The normalized spacial score (nSPS) is 12.0. The maximum absolute atomic E-state index is 11.8. The number of aryl methyl sites for hydroxylation is 1. The number of hydrogen-bond donors (Lipinski definition) is 3. The number of carbonyl (C=O) groups is 2. The molecule has 0 bridgehead atoms. The van der Waals surface area contributed by atoms with Crippen molar-refractivity contribution in [1.29, 1.82) is 0 Å². The average molecular weight is 441 g/mol. The molecule has 0 saturated carbocycles. The van der Waals surface area contributed by atoms with Crippen LogP contribution in [0.1, 0.15) is 30.4 Å². The van der Waals surface area contributed by atoms with Crippen LogP contribution in [0.15, 0.2) is 31.9 Å². The third kappa shape index (κ3) is 6.07. The number of hydrogen-bond acceptors (Lipinski definition) is 6. The van der Waals surface area contributed by atoms with Crippen molar-refractivity contribution in [3.05, 3.63) is 44.2 Å². The van der Waals surface area contributed by atoms with E-state index in [0.29, 0.717) is 42.3 Å². The SMILES string of the molecule is Cc1cc2oc(=O)cc(COC(=O)NCCCC[C@H](N)C(=O)O)c2cc1Br. The number of aliphatic carboxylic acids is 1. The van der Waals surface area contributed by atoms with Crippen molar-refractivity contribution in [2.75, 3.05) is 6.54 Å². The third-order valence-corrected chi connectivity index (χ3v) is 4.85. The summed E-state index contributed by atoms with van der Waals surface area (Å²) in [7, 11) is 0. The van der Waals surface area contributed by atoms with Crippen LogP contribution >= 0.6 is 15.9 Å². The Morgan fingerprint density at radius 2 is 2.07 bits per heavy atom. The summed E-state index contributed by atoms with van der Waals surface area (Å²) in [5.74, 6) is -1.04. The Hall–Kier alpha value is -2.39. The Morgan fingerprint density at radius 1 is 1.33 bits per heavy atom. The second kappa shape index (κ2) is 9.52. The summed E-state index contributed by atoms with van der Waals surface area (Å²) in [4.78, 5) is 34.1. The van der Waals surface area contributed by atoms with Crippen LogP contribution < -0.4 is 16.7 Å². The number of carbonyl (C=O) groups excluding carboxylic acids is 1. The Labute approximate surface area is 163 Å². The first-order chi connectivity index (χ1) is 12.8. The van der Waals surface area contributed by atoms with E-state index in [0.717, 1.165) is 10.0 Å². The Kier molecular flexibility index (Phi) is 7.37. The van der Waals surface area contributed by atoms with Crippen molar-refractivity contribution < 1.29 is 23.8 Å². The number of carboxylic acid groups (broad SMARTS) is 1. The van der Waals surface area contributed by atoms with Crippen molar-refractivity contribution in [2.45, 2.75) is 38.8 Å². The molecule has 1 aromatic heterocycles. The summed E-state index contributed by atoms with van der Waals surface area (Å²) in [6.07, 6.45) is 0.878. The molecule has 0 aliphatic carbocycles. The molecule has 9 heteroatoms. The summed E-state index contributed by atoms with van der Waals surface area (Å²) < 4.78 is 11.2. The third-order valence-electron chi connectivity index (χ3n) is 4.00. The molecule has 0 aliphatic rings. The predicted molar refractivity (Wildman–Crippen MR) is 103 cm³/mol. The lowest BCUT2D eigenvalue weighted by Crippen LogP contribution is -2.30. The van der Waals surface area contributed by atoms with Gasteiger partial charge in [0.25, 0.3) is 0 Å². The van der Waals surface area contributed by atoms with Crippen molar-refractivity contribution in [3.8, 4) is 0 Å². The fraction of sp³-hybridized carbons (Fsp3) is 0.389. The van der Waals surface area contributed by atoms with Gasteiger partial charge in [-0.15, -0.1) is 0 Å². The minimum absolute atomic E-state index is 0.0761. The lowest BCUT2D eigenvalue weighted by atomic mass is 10.1. The number of benzene rings is 1. The molecular formula is C18H21BrN2O6. The quantitative estimate of drug-likeness (QED) is 0.424. The fourth-order valence-electron chi connectivity index (χ4n) is 2.47. The van der Waals surface area contributed by atoms with Crippen LogP contribution in [0.5, 0.6) is 0 Å². The summed E-state index contributed by atoms with van der Waals surface area (Å²) in [6, 6.07) is 3.96. The first-order valence-corrected chi connectivity index (χ1v) is 9.19. The zero-order valence-electron chi connectivity index (χ0n) is 14.8. The minimum atomic E-state index is -1.04. The molecule has 0 aliphatic heterocycles. The molecule has 1 heterocycles. The topological polar surface area (TPSA) is 132 Å². The van der Waals surface area contributed by atoms with Gasteiger partial charge in [0.05, 0.1) is 0 Å². The standard InChI is InChI=1S/C18H21BrN2O6/c1-10-6-15-12(8-13(10)19)11(7-16(22)27-15)9-26-18(25)21-5-3-2-4-14(20)17(23)24/h6-8,14H,2-5,9,20H2,1H3,(H,21,25)(H,23,24)/t14-/m0/s1. The number of nitrogens with one attached hydrogen (secondary N) is 1. The van der Waals surface area contributed by atoms with E-state index in [1.54, 1.807) is 6.07 Å². The molecule has 2 aromatic rings. The molecule has 0 radical (unpaired) electrons. The molecule has 1 amide bonds. The molecule has 27 heavy (non-hydrogen) atoms. The molecule has 4 N–H and O–H groups in total. The smallest absolute Gasteiger partial charge is 0.407 e. The van der Waals surface area contributed by atoms with Crippen LogP contribution in [0.25, 0.3) is 11.0 Å². The van der Waals surface area contributed by atoms with Crippen LogP contribution in [-0.4, -0.2) is 29.8 Å². The van der Waals surface area contributed by atoms with Crippen LogP contribution in [0.4, 0.5) is 4.79 Å². The summed E-state index contributed by atoms with van der Waals surface area (Å²) in [5, 5.41) is 11.9. The van der Waals surface area contributed by atoms with E-state index in [9.17, 15) is 14.4 Å². The van der Waals surface area contributed by atoms with E-state index >= 15 is 0 Å². The average Bonchev–Trinajstić information content (AvgIpc) is 2.60. The molecule has 146 valence electrons. The lowest BCUT2D eigenvalue weighted by molar-refractivity contribution is -0.138. The van der Waals surface area contributed by atoms with Crippen molar-refractivity contribution >= 4 is 39.0 Å². The first-order valence-electron chi connectivity index (χ1n) is 8.40. The lowest BCUT2D eigenvalue weighted by Gasteiger charge is -2.10. The molecule has 1 atom stereocenters. The molecule has 0 spiro atoms. The highest BCUT2D eigenvalue weighted by Crippen LogP contribution is 2.25. The van der Waals surface area contributed by atoms with E-state index in [1.807, 2.05) is 13.0 Å². The molecule has 0 saturated heterocycles. The summed E-state index contributed by atoms with van der Waals surface area (Å²) in [6.45, 7) is 2.14. The number of carboxylic acids is 1. The number of nitrogens with two attached hydrogens (primary N) is 1. The maximum atomic E-state index is 11.8. The van der Waals surface area contributed by atoms with Gasteiger partial charge in [-0.1, -0.05) is 15.9 Å². The number of unbranched alkanes of at least 4 members (excludes halogenated alkanes) is 1. The molecule has 2 rings (SSSR count). The highest BCUT2D eigenvalue weighted by atomic mass is 79.9. The number of amides is 1. The van der Waals surface area contributed by atoms with Crippen molar-refractivity contribution in [1.82, 2.24) is 5.32 Å². The molecule has 0 unspecified atom stereocenters. The van der Waals surface area contributed by atoms with Gasteiger partial charge in [-0.3, -0.25) is 4.79 Å². The molecule has 8 nitrogen and oxygen atoms in total. The zero-order chi connectivity index (χ0) is 20.0. The van der Waals surface area contributed by atoms with E-state index in [2.05, 4.69) is 21.2 Å². The van der Waals surface area contributed by atoms with Crippen molar-refractivity contribution in [2.24, 2.45) is 5.73 Å². The summed E-state index contributed by atoms with van der Waals surface area (Å²) in [5.41, 5.74) is 6.78. The second-order valence-electron chi connectivity index (χ2n) is 6.13. The number of halogens is 1. The second-order valence-corrected chi connectivity index (χ2v) is 6.99. The highest BCUT2D eigenvalue weighted by Gasteiger charge is 2.12. The molecule has 0 fully saturated rings. The van der Waals surface area contributed by atoms with E-state index < -0.39 is 23.7 Å². The van der Waals surface area contributed by atoms with Gasteiger partial charge in [0.2, 0.25) is 0 Å². The Balaban J connectivity index is 1.87. The first kappa shape index (κ1) is 20.9. The van der Waals surface area contributed by atoms with Crippen LogP contribution in [0.3, 0.4) is 0 Å². The van der Waals surface area contributed by atoms with E-state index in [4.69, 9.17) is 20.0 Å². The Bertz CT molecular complexity index is 895. The van der Waals surface area contributed by atoms with Gasteiger partial charge in [0.1, 0.15) is 18.2 Å². The highest BCUT2D eigenvalue weighted by molar-refractivity contribution is 9.10. The van der Waals surface area contributed by atoms with E-state index in [-0.39, 0.29) is 6.61 Å². The zero-order valence-corrected chi connectivity index (χ0v) is 16.4. The number of rotatable bonds is 8. The van der Waals surface area contributed by atoms with Gasteiger partial charge in [0, 0.05) is 28.0 Å². The fourth-order valence-corrected chi connectivity index (χ4v) is 2.81. The Morgan fingerprint density at radius 3 is 2.78 bits per heavy atom. The number of ether oxygens (including phenoxy) is 1. The van der Waals surface area contributed by atoms with Gasteiger partial charge in [-0.2, -0.15) is 0 Å². The molecular weight excluding hydrogens is 420 g/mol. The van der Waals surface area contributed by atoms with Gasteiger partial charge in [-0.05, 0) is 43.9 Å². The van der Waals surface area contributed by atoms with Gasteiger partial charge >= 0.3 is 17.7 Å². The van der Waals surface area contributed by atoms with Gasteiger partial charge in [-0.25, -0.2) is 9.59 Å². The monoisotopic (exact) mass is 440 g/mol. The van der Waals surface area contributed by atoms with Crippen LogP contribution in [-0.2, 0) is 16.1 Å². The van der Waals surface area contributed by atoms with Gasteiger partial charge < -0.3 is 25.3 Å². The largest absolute Gasteiger partial charge is 0.480 e. The number of alkyl carbamates (subject to hydrolysis) is 1.